The van der Waals surface area contributed by atoms with E-state index in [0.717, 1.165) is 17.7 Å². The van der Waals surface area contributed by atoms with Gasteiger partial charge < -0.3 is 0 Å². The van der Waals surface area contributed by atoms with Crippen molar-refractivity contribution in [3.05, 3.63) is 53.4 Å². The summed E-state index contributed by atoms with van der Waals surface area (Å²) >= 11 is 0. The van der Waals surface area contributed by atoms with E-state index in [1.165, 1.54) is 6.07 Å². The Morgan fingerprint density at radius 3 is 2.59 bits per heavy atom. The lowest BCUT2D eigenvalue weighted by Crippen LogP contribution is -2.28. The van der Waals surface area contributed by atoms with Crippen LogP contribution in [0.2, 0.25) is 0 Å². The zero-order chi connectivity index (χ0) is 12.4. The minimum absolute atomic E-state index is 0.418. The summed E-state index contributed by atoms with van der Waals surface area (Å²) in [6, 6.07) is 3.26. The Balaban J connectivity index is 2.38. The first kappa shape index (κ1) is 11.7. The highest BCUT2D eigenvalue weighted by molar-refractivity contribution is 5.29. The van der Waals surface area contributed by atoms with Crippen molar-refractivity contribution < 1.29 is 8.78 Å². The molecule has 0 aliphatic heterocycles. The molecule has 0 radical (unpaired) electrons. The number of hydrazine groups is 1. The fourth-order valence-corrected chi connectivity index (χ4v) is 1.67. The fraction of sp³-hybridized carbons (Fsp3) is 0.182. The van der Waals surface area contributed by atoms with Crippen molar-refractivity contribution in [2.24, 2.45) is 12.9 Å². The smallest absolute Gasteiger partial charge is 0.159 e. The molecule has 0 aliphatic rings. The summed E-state index contributed by atoms with van der Waals surface area (Å²) in [6.45, 7) is 0. The van der Waals surface area contributed by atoms with Gasteiger partial charge in [0.25, 0.3) is 0 Å². The van der Waals surface area contributed by atoms with Gasteiger partial charge in [-0.15, -0.1) is 0 Å². The number of hydrogen-bond donors (Lipinski definition) is 2. The molecule has 1 aromatic heterocycles. The summed E-state index contributed by atoms with van der Waals surface area (Å²) < 4.78 is 27.6. The van der Waals surface area contributed by atoms with Gasteiger partial charge in [0.2, 0.25) is 0 Å². The number of benzene rings is 1. The van der Waals surface area contributed by atoms with Crippen LogP contribution in [-0.2, 0) is 7.05 Å². The summed E-state index contributed by atoms with van der Waals surface area (Å²) in [6.07, 6.45) is 3.37. The summed E-state index contributed by atoms with van der Waals surface area (Å²) in [5.74, 6) is 3.66. The van der Waals surface area contributed by atoms with Crippen LogP contribution in [0.4, 0.5) is 8.78 Å². The van der Waals surface area contributed by atoms with Gasteiger partial charge in [0, 0.05) is 18.8 Å². The van der Waals surface area contributed by atoms with Crippen molar-refractivity contribution >= 4 is 0 Å². The monoisotopic (exact) mass is 238 g/mol. The topological polar surface area (TPSA) is 55.9 Å². The molecule has 17 heavy (non-hydrogen) atoms. The molecule has 0 saturated heterocycles. The molecule has 4 nitrogen and oxygen atoms in total. The van der Waals surface area contributed by atoms with Crippen molar-refractivity contribution in [3.8, 4) is 0 Å². The minimum atomic E-state index is -0.897. The zero-order valence-electron chi connectivity index (χ0n) is 9.19. The molecule has 6 heteroatoms. The number of aryl methyl sites for hydroxylation is 1. The maximum Gasteiger partial charge on any atom is 0.159 e. The van der Waals surface area contributed by atoms with Crippen molar-refractivity contribution in [2.75, 3.05) is 0 Å². The van der Waals surface area contributed by atoms with E-state index in [-0.39, 0.29) is 0 Å². The fourth-order valence-electron chi connectivity index (χ4n) is 1.67. The average molecular weight is 238 g/mol. The third kappa shape index (κ3) is 2.32. The first-order valence-corrected chi connectivity index (χ1v) is 5.01. The van der Waals surface area contributed by atoms with Crippen molar-refractivity contribution in [3.63, 3.8) is 0 Å². The van der Waals surface area contributed by atoms with E-state index >= 15 is 0 Å². The lowest BCUT2D eigenvalue weighted by molar-refractivity contribution is 0.504. The van der Waals surface area contributed by atoms with Gasteiger partial charge in [-0.2, -0.15) is 5.10 Å². The highest BCUT2D eigenvalue weighted by Crippen LogP contribution is 2.22. The Morgan fingerprint density at radius 2 is 2.06 bits per heavy atom. The van der Waals surface area contributed by atoms with Crippen LogP contribution >= 0.6 is 0 Å². The first-order valence-electron chi connectivity index (χ1n) is 5.01. The van der Waals surface area contributed by atoms with E-state index in [4.69, 9.17) is 5.84 Å². The molecule has 1 atom stereocenters. The van der Waals surface area contributed by atoms with Crippen molar-refractivity contribution in [1.29, 1.82) is 0 Å². The van der Waals surface area contributed by atoms with Crippen molar-refractivity contribution in [2.45, 2.75) is 6.04 Å². The summed E-state index contributed by atoms with van der Waals surface area (Å²) in [5.41, 5.74) is 3.87. The van der Waals surface area contributed by atoms with Crippen LogP contribution in [0.3, 0.4) is 0 Å². The van der Waals surface area contributed by atoms with Gasteiger partial charge in [-0.1, -0.05) is 6.07 Å². The largest absolute Gasteiger partial charge is 0.275 e. The van der Waals surface area contributed by atoms with Gasteiger partial charge in [-0.25, -0.2) is 14.2 Å². The van der Waals surface area contributed by atoms with Gasteiger partial charge >= 0.3 is 0 Å². The number of halogens is 2. The van der Waals surface area contributed by atoms with Crippen LogP contribution in [0.5, 0.6) is 0 Å². The third-order valence-electron chi connectivity index (χ3n) is 2.50. The Morgan fingerprint density at radius 1 is 1.29 bits per heavy atom. The Bertz CT molecular complexity index is 524. The molecule has 3 N–H and O–H groups in total. The molecular weight excluding hydrogens is 226 g/mol. The van der Waals surface area contributed by atoms with Gasteiger partial charge in [-0.05, 0) is 17.7 Å². The van der Waals surface area contributed by atoms with Gasteiger partial charge in [0.05, 0.1) is 12.2 Å². The Kier molecular flexibility index (Phi) is 3.16. The molecular formula is C11H12F2N4. The third-order valence-corrected chi connectivity index (χ3v) is 2.50. The highest BCUT2D eigenvalue weighted by Gasteiger charge is 2.15. The SMILES string of the molecule is Cn1cc(C(NN)c2ccc(F)c(F)c2)cn1. The predicted octanol–water partition coefficient (Wildman–Crippen LogP) is 1.25. The van der Waals surface area contributed by atoms with E-state index in [9.17, 15) is 8.78 Å². The standard InChI is InChI=1S/C11H12F2N4/c1-17-6-8(5-15-17)11(16-14)7-2-3-9(12)10(13)4-7/h2-6,11,16H,14H2,1H3. The van der Waals surface area contributed by atoms with Crippen LogP contribution < -0.4 is 11.3 Å². The van der Waals surface area contributed by atoms with Crippen LogP contribution in [0.1, 0.15) is 17.2 Å². The second-order valence-corrected chi connectivity index (χ2v) is 3.72. The lowest BCUT2D eigenvalue weighted by atomic mass is 10.0. The molecule has 0 amide bonds. The molecule has 0 saturated carbocycles. The van der Waals surface area contributed by atoms with Crippen LogP contribution in [0, 0.1) is 11.6 Å². The molecule has 0 bridgehead atoms. The first-order chi connectivity index (χ1) is 8.11. The zero-order valence-corrected chi connectivity index (χ0v) is 9.19. The maximum absolute atomic E-state index is 13.1. The number of nitrogens with zero attached hydrogens (tertiary/aromatic N) is 2. The number of nitrogens with two attached hydrogens (primary N) is 1. The number of rotatable bonds is 3. The quantitative estimate of drug-likeness (QED) is 0.625. The molecule has 1 unspecified atom stereocenters. The Hall–Kier alpha value is -1.79. The van der Waals surface area contributed by atoms with E-state index in [2.05, 4.69) is 10.5 Å². The molecule has 0 spiro atoms. The number of aromatic nitrogens is 2. The number of nitrogens with one attached hydrogen (secondary N) is 1. The molecule has 2 rings (SSSR count). The second kappa shape index (κ2) is 4.60. The number of hydrogen-bond acceptors (Lipinski definition) is 3. The summed E-state index contributed by atoms with van der Waals surface area (Å²) in [4.78, 5) is 0. The van der Waals surface area contributed by atoms with E-state index in [1.54, 1.807) is 24.1 Å². The molecule has 1 heterocycles. The van der Waals surface area contributed by atoms with Crippen LogP contribution in [0.25, 0.3) is 0 Å². The van der Waals surface area contributed by atoms with Gasteiger partial charge in [0.15, 0.2) is 11.6 Å². The van der Waals surface area contributed by atoms with E-state index in [1.807, 2.05) is 0 Å². The molecule has 2 aromatic rings. The molecule has 0 aliphatic carbocycles. The maximum atomic E-state index is 13.1. The molecule has 90 valence electrons. The lowest BCUT2D eigenvalue weighted by Gasteiger charge is -2.14. The molecule has 1 aromatic carbocycles. The predicted molar refractivity (Wildman–Crippen MR) is 58.7 cm³/mol. The molecule has 0 fully saturated rings. The minimum Gasteiger partial charge on any atom is -0.275 e. The summed E-state index contributed by atoms with van der Waals surface area (Å²) in [5, 5.41) is 4.00. The highest BCUT2D eigenvalue weighted by atomic mass is 19.2. The van der Waals surface area contributed by atoms with E-state index in [0.29, 0.717) is 5.56 Å². The summed E-state index contributed by atoms with van der Waals surface area (Å²) in [7, 11) is 1.77. The average Bonchev–Trinajstić information content (AvgIpc) is 2.71. The van der Waals surface area contributed by atoms with Crippen molar-refractivity contribution in [1.82, 2.24) is 15.2 Å². The van der Waals surface area contributed by atoms with Gasteiger partial charge in [0.1, 0.15) is 0 Å². The van der Waals surface area contributed by atoms with Crippen LogP contribution in [0.15, 0.2) is 30.6 Å². The second-order valence-electron chi connectivity index (χ2n) is 3.72. The Labute approximate surface area is 97.0 Å². The van der Waals surface area contributed by atoms with Crippen LogP contribution in [-0.4, -0.2) is 9.78 Å². The van der Waals surface area contributed by atoms with E-state index < -0.39 is 17.7 Å². The van der Waals surface area contributed by atoms with Gasteiger partial charge in [-0.3, -0.25) is 10.5 Å². The normalized spacial score (nSPS) is 12.7.